The van der Waals surface area contributed by atoms with Crippen molar-refractivity contribution in [2.45, 2.75) is 70.8 Å². The van der Waals surface area contributed by atoms with Crippen molar-refractivity contribution in [2.24, 2.45) is 17.6 Å². The molecule has 3 N–H and O–H groups in total. The summed E-state index contributed by atoms with van der Waals surface area (Å²) >= 11 is 0. The standard InChI is InChI=1S/C21H33NO.CH4O/c1-15(2)14-23-10-9-16-3-4-18-12-19(6-5-17(18)11-16)20-7-8-21(22)13-20;1-2/h5-6,12,15-16,20-21H,3-4,7-11,13-14,22H2,1-2H3;2H,1H3/t16-,20?,21?;/m1./s1. The van der Waals surface area contributed by atoms with E-state index >= 15 is 0 Å². The maximum atomic E-state index is 7.00. The van der Waals surface area contributed by atoms with Crippen LogP contribution in [0.4, 0.5) is 0 Å². The predicted octanol–water partition coefficient (Wildman–Crippen LogP) is 4.06. The molecule has 0 aliphatic heterocycles. The van der Waals surface area contributed by atoms with Crippen molar-refractivity contribution in [3.63, 3.8) is 0 Å². The topological polar surface area (TPSA) is 55.5 Å². The lowest BCUT2D eigenvalue weighted by Crippen LogP contribution is -2.17. The molecule has 1 saturated carbocycles. The van der Waals surface area contributed by atoms with Gasteiger partial charge >= 0.3 is 0 Å². The second kappa shape index (κ2) is 10.3. The highest BCUT2D eigenvalue weighted by atomic mass is 16.5. The maximum Gasteiger partial charge on any atom is 0.0488 e. The molecule has 2 aliphatic carbocycles. The fourth-order valence-electron chi connectivity index (χ4n) is 4.24. The third-order valence-electron chi connectivity index (χ3n) is 5.63. The Balaban J connectivity index is 0.00000109. The molecule has 0 aromatic heterocycles. The zero-order chi connectivity index (χ0) is 18.2. The van der Waals surface area contributed by atoms with Crippen molar-refractivity contribution in [1.29, 1.82) is 0 Å². The van der Waals surface area contributed by atoms with E-state index in [9.17, 15) is 0 Å². The van der Waals surface area contributed by atoms with Gasteiger partial charge in [0.15, 0.2) is 0 Å². The summed E-state index contributed by atoms with van der Waals surface area (Å²) in [5, 5.41) is 7.00. The molecule has 1 aromatic carbocycles. The van der Waals surface area contributed by atoms with Crippen LogP contribution in [0, 0.1) is 11.8 Å². The summed E-state index contributed by atoms with van der Waals surface area (Å²) in [6, 6.07) is 7.68. The predicted molar refractivity (Wildman–Crippen MR) is 105 cm³/mol. The van der Waals surface area contributed by atoms with Gasteiger partial charge in [-0.05, 0) is 79.4 Å². The van der Waals surface area contributed by atoms with Gasteiger partial charge in [-0.1, -0.05) is 32.0 Å². The molecule has 3 rings (SSSR count). The summed E-state index contributed by atoms with van der Waals surface area (Å²) < 4.78 is 5.77. The molecule has 1 fully saturated rings. The Labute approximate surface area is 154 Å². The van der Waals surface area contributed by atoms with Gasteiger partial charge in [0.25, 0.3) is 0 Å². The lowest BCUT2D eigenvalue weighted by atomic mass is 9.80. The monoisotopic (exact) mass is 347 g/mol. The van der Waals surface area contributed by atoms with Crippen LogP contribution in [0.3, 0.4) is 0 Å². The molecule has 1 aromatic rings. The SMILES string of the molecule is CC(C)COCC[C@H]1CCc2cc(C3CCC(N)C3)ccc2C1.CO. The molecule has 2 aliphatic rings. The molecule has 3 nitrogen and oxygen atoms in total. The number of nitrogens with two attached hydrogens (primary N) is 1. The van der Waals surface area contributed by atoms with Crippen LogP contribution in [-0.4, -0.2) is 31.5 Å². The first-order valence-corrected chi connectivity index (χ1v) is 10.0. The van der Waals surface area contributed by atoms with E-state index in [-0.39, 0.29) is 0 Å². The lowest BCUT2D eigenvalue weighted by Gasteiger charge is -2.26. The fourth-order valence-corrected chi connectivity index (χ4v) is 4.24. The molecular weight excluding hydrogens is 310 g/mol. The lowest BCUT2D eigenvalue weighted by molar-refractivity contribution is 0.0962. The zero-order valence-corrected chi connectivity index (χ0v) is 16.3. The van der Waals surface area contributed by atoms with Crippen LogP contribution < -0.4 is 5.73 Å². The second-order valence-electron chi connectivity index (χ2n) is 8.16. The molecule has 3 heteroatoms. The molecule has 0 radical (unpaired) electrons. The number of aryl methyl sites for hydroxylation is 1. The molecule has 0 heterocycles. The largest absolute Gasteiger partial charge is 0.400 e. The number of aliphatic hydroxyl groups excluding tert-OH is 1. The summed E-state index contributed by atoms with van der Waals surface area (Å²) in [5.74, 6) is 2.15. The first kappa shape index (κ1) is 20.4. The Kier molecular flexibility index (Phi) is 8.41. The van der Waals surface area contributed by atoms with E-state index in [1.807, 2.05) is 0 Å². The van der Waals surface area contributed by atoms with Gasteiger partial charge in [0.2, 0.25) is 0 Å². The first-order valence-electron chi connectivity index (χ1n) is 10.0. The second-order valence-corrected chi connectivity index (χ2v) is 8.16. The molecule has 3 atom stereocenters. The smallest absolute Gasteiger partial charge is 0.0488 e. The molecule has 0 bridgehead atoms. The van der Waals surface area contributed by atoms with Gasteiger partial charge in [-0.15, -0.1) is 0 Å². The van der Waals surface area contributed by atoms with Crippen LogP contribution in [0.25, 0.3) is 0 Å². The fraction of sp³-hybridized carbons (Fsp3) is 0.727. The van der Waals surface area contributed by atoms with Crippen molar-refractivity contribution >= 4 is 0 Å². The number of aliphatic hydroxyl groups is 1. The van der Waals surface area contributed by atoms with Gasteiger partial charge in [-0.25, -0.2) is 0 Å². The van der Waals surface area contributed by atoms with Crippen LogP contribution in [0.5, 0.6) is 0 Å². The van der Waals surface area contributed by atoms with Crippen LogP contribution in [0.2, 0.25) is 0 Å². The molecule has 0 spiro atoms. The minimum atomic E-state index is 0.422. The summed E-state index contributed by atoms with van der Waals surface area (Å²) in [6.45, 7) is 6.25. The maximum absolute atomic E-state index is 7.00. The number of fused-ring (bicyclic) bond motifs is 1. The van der Waals surface area contributed by atoms with Gasteiger partial charge in [0, 0.05) is 26.4 Å². The summed E-state index contributed by atoms with van der Waals surface area (Å²) in [6.07, 6.45) is 8.67. The molecule has 142 valence electrons. The van der Waals surface area contributed by atoms with E-state index in [1.165, 1.54) is 50.5 Å². The number of benzene rings is 1. The van der Waals surface area contributed by atoms with Crippen molar-refractivity contribution in [1.82, 2.24) is 0 Å². The Hall–Kier alpha value is -0.900. The summed E-state index contributed by atoms with van der Waals surface area (Å²) in [7, 11) is 1.00. The number of hydrogen-bond acceptors (Lipinski definition) is 3. The van der Waals surface area contributed by atoms with Crippen LogP contribution >= 0.6 is 0 Å². The quantitative estimate of drug-likeness (QED) is 0.763. The number of rotatable bonds is 6. The third-order valence-corrected chi connectivity index (χ3v) is 5.63. The van der Waals surface area contributed by atoms with Crippen LogP contribution in [0.1, 0.15) is 68.6 Å². The van der Waals surface area contributed by atoms with E-state index in [2.05, 4.69) is 32.0 Å². The average Bonchev–Trinajstić information content (AvgIpc) is 3.06. The summed E-state index contributed by atoms with van der Waals surface area (Å²) in [4.78, 5) is 0. The first-order chi connectivity index (χ1) is 12.1. The highest BCUT2D eigenvalue weighted by Gasteiger charge is 2.25. The van der Waals surface area contributed by atoms with Gasteiger partial charge in [0.1, 0.15) is 0 Å². The Morgan fingerprint density at radius 1 is 1.16 bits per heavy atom. The number of ether oxygens (including phenoxy) is 1. The molecule has 0 saturated heterocycles. The molecule has 0 amide bonds. The average molecular weight is 348 g/mol. The van der Waals surface area contributed by atoms with Gasteiger partial charge in [-0.3, -0.25) is 0 Å². The zero-order valence-electron chi connectivity index (χ0n) is 16.3. The van der Waals surface area contributed by atoms with E-state index in [0.29, 0.717) is 17.9 Å². The summed E-state index contributed by atoms with van der Waals surface area (Å²) in [5.41, 5.74) is 10.8. The van der Waals surface area contributed by atoms with E-state index in [4.69, 9.17) is 15.6 Å². The van der Waals surface area contributed by atoms with Gasteiger partial charge in [-0.2, -0.15) is 0 Å². The van der Waals surface area contributed by atoms with Crippen LogP contribution in [0.15, 0.2) is 18.2 Å². The van der Waals surface area contributed by atoms with Crippen molar-refractivity contribution in [2.75, 3.05) is 20.3 Å². The number of hydrogen-bond donors (Lipinski definition) is 2. The van der Waals surface area contributed by atoms with E-state index < -0.39 is 0 Å². The van der Waals surface area contributed by atoms with E-state index in [1.54, 1.807) is 11.1 Å². The minimum absolute atomic E-state index is 0.422. The van der Waals surface area contributed by atoms with E-state index in [0.717, 1.165) is 26.2 Å². The molecule has 2 unspecified atom stereocenters. The van der Waals surface area contributed by atoms with Crippen molar-refractivity contribution in [3.8, 4) is 0 Å². The Morgan fingerprint density at radius 3 is 2.64 bits per heavy atom. The molecule has 25 heavy (non-hydrogen) atoms. The Morgan fingerprint density at radius 2 is 1.96 bits per heavy atom. The minimum Gasteiger partial charge on any atom is -0.400 e. The van der Waals surface area contributed by atoms with Crippen molar-refractivity contribution < 1.29 is 9.84 Å². The van der Waals surface area contributed by atoms with Crippen molar-refractivity contribution in [3.05, 3.63) is 34.9 Å². The highest BCUT2D eigenvalue weighted by Crippen LogP contribution is 2.36. The molecular formula is C22H37NO2. The highest BCUT2D eigenvalue weighted by molar-refractivity contribution is 5.36. The Bertz CT molecular complexity index is 515. The van der Waals surface area contributed by atoms with Gasteiger partial charge in [0.05, 0.1) is 0 Å². The third kappa shape index (κ3) is 6.09. The van der Waals surface area contributed by atoms with Crippen LogP contribution in [-0.2, 0) is 17.6 Å². The normalized spacial score (nSPS) is 25.4. The van der Waals surface area contributed by atoms with Gasteiger partial charge < -0.3 is 15.6 Å².